The standard InChI is InChI=1S/C10H14FNO2/c1-6-2-3-7(11)4-8(6)10(14)9(13)5-12/h2-4,9-10,13-14H,5,12H2,1H3. The fourth-order valence-corrected chi connectivity index (χ4v) is 1.27. The molecule has 2 unspecified atom stereocenters. The van der Waals surface area contributed by atoms with Crippen molar-refractivity contribution in [3.05, 3.63) is 35.1 Å². The summed E-state index contributed by atoms with van der Waals surface area (Å²) in [4.78, 5) is 0. The van der Waals surface area contributed by atoms with Crippen LogP contribution in [0.25, 0.3) is 0 Å². The van der Waals surface area contributed by atoms with E-state index in [0.29, 0.717) is 5.56 Å². The predicted octanol–water partition coefficient (Wildman–Crippen LogP) is 0.487. The molecule has 4 N–H and O–H groups in total. The number of hydrogen-bond acceptors (Lipinski definition) is 3. The topological polar surface area (TPSA) is 66.5 Å². The SMILES string of the molecule is Cc1ccc(F)cc1C(O)C(O)CN. The molecule has 1 aromatic rings. The molecule has 0 saturated heterocycles. The van der Waals surface area contributed by atoms with Crippen molar-refractivity contribution in [1.29, 1.82) is 0 Å². The lowest BCUT2D eigenvalue weighted by Crippen LogP contribution is -2.27. The number of aryl methyl sites for hydroxylation is 1. The van der Waals surface area contributed by atoms with Crippen molar-refractivity contribution in [2.75, 3.05) is 6.54 Å². The van der Waals surface area contributed by atoms with Crippen LogP contribution in [-0.4, -0.2) is 22.9 Å². The highest BCUT2D eigenvalue weighted by Gasteiger charge is 2.18. The van der Waals surface area contributed by atoms with Gasteiger partial charge in [-0.3, -0.25) is 0 Å². The molecule has 0 saturated carbocycles. The molecule has 0 aromatic heterocycles. The molecular formula is C10H14FNO2. The second kappa shape index (κ2) is 4.50. The maximum atomic E-state index is 12.9. The molecule has 0 bridgehead atoms. The van der Waals surface area contributed by atoms with Crippen LogP contribution in [0.15, 0.2) is 18.2 Å². The molecule has 0 spiro atoms. The Labute approximate surface area is 82.0 Å². The molecule has 0 aliphatic carbocycles. The van der Waals surface area contributed by atoms with Crippen LogP contribution < -0.4 is 5.73 Å². The van der Waals surface area contributed by atoms with Crippen molar-refractivity contribution in [3.8, 4) is 0 Å². The summed E-state index contributed by atoms with van der Waals surface area (Å²) in [5, 5.41) is 18.9. The van der Waals surface area contributed by atoms with Crippen LogP contribution in [0.4, 0.5) is 4.39 Å². The first kappa shape index (κ1) is 11.1. The van der Waals surface area contributed by atoms with Crippen molar-refractivity contribution in [1.82, 2.24) is 0 Å². The molecule has 4 heteroatoms. The van der Waals surface area contributed by atoms with Gasteiger partial charge in [-0.15, -0.1) is 0 Å². The summed E-state index contributed by atoms with van der Waals surface area (Å²) in [6, 6.07) is 4.07. The van der Waals surface area contributed by atoms with Gasteiger partial charge < -0.3 is 15.9 Å². The van der Waals surface area contributed by atoms with E-state index in [1.165, 1.54) is 12.1 Å². The van der Waals surface area contributed by atoms with Gasteiger partial charge in [0.2, 0.25) is 0 Å². The largest absolute Gasteiger partial charge is 0.389 e. The maximum absolute atomic E-state index is 12.9. The van der Waals surface area contributed by atoms with Crippen molar-refractivity contribution in [2.45, 2.75) is 19.1 Å². The zero-order valence-corrected chi connectivity index (χ0v) is 7.94. The number of rotatable bonds is 3. The monoisotopic (exact) mass is 199 g/mol. The first-order chi connectivity index (χ1) is 6.56. The Bertz CT molecular complexity index is 317. The van der Waals surface area contributed by atoms with Crippen LogP contribution in [0.1, 0.15) is 17.2 Å². The summed E-state index contributed by atoms with van der Waals surface area (Å²) in [7, 11) is 0. The molecule has 0 fully saturated rings. The van der Waals surface area contributed by atoms with Crippen LogP contribution >= 0.6 is 0 Å². The third-order valence-electron chi connectivity index (χ3n) is 2.17. The van der Waals surface area contributed by atoms with Gasteiger partial charge in [0, 0.05) is 6.54 Å². The van der Waals surface area contributed by atoms with Crippen LogP contribution in [0.5, 0.6) is 0 Å². The third kappa shape index (κ3) is 2.29. The predicted molar refractivity (Wildman–Crippen MR) is 51.2 cm³/mol. The Morgan fingerprint density at radius 3 is 2.64 bits per heavy atom. The molecule has 0 aliphatic rings. The fourth-order valence-electron chi connectivity index (χ4n) is 1.27. The highest BCUT2D eigenvalue weighted by molar-refractivity contribution is 5.29. The number of aliphatic hydroxyl groups excluding tert-OH is 2. The molecule has 3 nitrogen and oxygen atoms in total. The summed E-state index contributed by atoms with van der Waals surface area (Å²) in [6.45, 7) is 1.68. The van der Waals surface area contributed by atoms with Crippen LogP contribution in [0.3, 0.4) is 0 Å². The normalized spacial score (nSPS) is 15.2. The summed E-state index contributed by atoms with van der Waals surface area (Å²) >= 11 is 0. The number of nitrogens with two attached hydrogens (primary N) is 1. The number of halogens is 1. The van der Waals surface area contributed by atoms with Gasteiger partial charge in [0.15, 0.2) is 0 Å². The Kier molecular flexibility index (Phi) is 3.57. The Hall–Kier alpha value is -0.970. The summed E-state index contributed by atoms with van der Waals surface area (Å²) in [5.74, 6) is -0.436. The minimum atomic E-state index is -1.13. The fraction of sp³-hybridized carbons (Fsp3) is 0.400. The van der Waals surface area contributed by atoms with Gasteiger partial charge in [0.05, 0.1) is 6.10 Å². The Morgan fingerprint density at radius 1 is 1.43 bits per heavy atom. The molecule has 0 radical (unpaired) electrons. The van der Waals surface area contributed by atoms with E-state index in [1.807, 2.05) is 0 Å². The number of hydrogen-bond donors (Lipinski definition) is 3. The van der Waals surface area contributed by atoms with E-state index in [4.69, 9.17) is 5.73 Å². The van der Waals surface area contributed by atoms with Gasteiger partial charge >= 0.3 is 0 Å². The lowest BCUT2D eigenvalue weighted by molar-refractivity contribution is 0.0238. The van der Waals surface area contributed by atoms with Crippen molar-refractivity contribution in [2.24, 2.45) is 5.73 Å². The highest BCUT2D eigenvalue weighted by Crippen LogP contribution is 2.21. The minimum absolute atomic E-state index is 0.0584. The van der Waals surface area contributed by atoms with Crippen molar-refractivity contribution in [3.63, 3.8) is 0 Å². The molecule has 78 valence electrons. The van der Waals surface area contributed by atoms with Gasteiger partial charge in [-0.1, -0.05) is 6.07 Å². The van der Waals surface area contributed by atoms with Gasteiger partial charge in [-0.25, -0.2) is 4.39 Å². The van der Waals surface area contributed by atoms with Crippen LogP contribution in [0, 0.1) is 12.7 Å². The van der Waals surface area contributed by atoms with Gasteiger partial charge in [0.1, 0.15) is 11.9 Å². The molecule has 2 atom stereocenters. The first-order valence-corrected chi connectivity index (χ1v) is 4.38. The molecule has 0 heterocycles. The van der Waals surface area contributed by atoms with Gasteiger partial charge in [-0.2, -0.15) is 0 Å². The average Bonchev–Trinajstić information content (AvgIpc) is 2.19. The van der Waals surface area contributed by atoms with Gasteiger partial charge in [-0.05, 0) is 30.2 Å². The second-order valence-corrected chi connectivity index (χ2v) is 3.25. The summed E-state index contributed by atoms with van der Waals surface area (Å²) in [5.41, 5.74) is 6.30. The average molecular weight is 199 g/mol. The van der Waals surface area contributed by atoms with Gasteiger partial charge in [0.25, 0.3) is 0 Å². The number of benzene rings is 1. The van der Waals surface area contributed by atoms with Crippen LogP contribution in [-0.2, 0) is 0 Å². The highest BCUT2D eigenvalue weighted by atomic mass is 19.1. The molecule has 0 amide bonds. The lowest BCUT2D eigenvalue weighted by Gasteiger charge is -2.18. The zero-order chi connectivity index (χ0) is 10.7. The zero-order valence-electron chi connectivity index (χ0n) is 7.94. The molecule has 1 rings (SSSR count). The molecule has 1 aromatic carbocycles. The summed E-state index contributed by atoms with van der Waals surface area (Å²) < 4.78 is 12.9. The summed E-state index contributed by atoms with van der Waals surface area (Å²) in [6.07, 6.45) is -2.19. The Morgan fingerprint density at radius 2 is 2.07 bits per heavy atom. The van der Waals surface area contributed by atoms with E-state index in [9.17, 15) is 14.6 Å². The quantitative estimate of drug-likeness (QED) is 0.663. The van der Waals surface area contributed by atoms with E-state index >= 15 is 0 Å². The number of aliphatic hydroxyl groups is 2. The van der Waals surface area contributed by atoms with Crippen molar-refractivity contribution < 1.29 is 14.6 Å². The van der Waals surface area contributed by atoms with E-state index in [0.717, 1.165) is 5.56 Å². The molecule has 0 aliphatic heterocycles. The van der Waals surface area contributed by atoms with Crippen molar-refractivity contribution >= 4 is 0 Å². The molecule has 14 heavy (non-hydrogen) atoms. The molecular weight excluding hydrogens is 185 g/mol. The van der Waals surface area contributed by atoms with E-state index < -0.39 is 18.0 Å². The lowest BCUT2D eigenvalue weighted by atomic mass is 9.99. The smallest absolute Gasteiger partial charge is 0.123 e. The third-order valence-corrected chi connectivity index (χ3v) is 2.17. The van der Waals surface area contributed by atoms with E-state index in [-0.39, 0.29) is 6.54 Å². The maximum Gasteiger partial charge on any atom is 0.123 e. The van der Waals surface area contributed by atoms with E-state index in [1.54, 1.807) is 13.0 Å². The first-order valence-electron chi connectivity index (χ1n) is 4.38. The second-order valence-electron chi connectivity index (χ2n) is 3.25. The Balaban J connectivity index is 2.99. The van der Waals surface area contributed by atoms with E-state index in [2.05, 4.69) is 0 Å². The minimum Gasteiger partial charge on any atom is -0.389 e. The van der Waals surface area contributed by atoms with Crippen LogP contribution in [0.2, 0.25) is 0 Å².